The molecule has 0 aliphatic carbocycles. The second kappa shape index (κ2) is 7.35. The van der Waals surface area contributed by atoms with Gasteiger partial charge in [-0.1, -0.05) is 13.8 Å². The molecule has 2 heterocycles. The van der Waals surface area contributed by atoms with Gasteiger partial charge in [0.25, 0.3) is 0 Å². The number of carbonyl (C=O) groups is 2. The highest BCUT2D eigenvalue weighted by molar-refractivity contribution is 6.16. The molecule has 0 bridgehead atoms. The highest BCUT2D eigenvalue weighted by Gasteiger charge is 2.48. The topological polar surface area (TPSA) is 70.1 Å². The standard InChI is InChI=1S/C16H26N2O4/c1-3-16(4-2)14(20)13(12-19)11-18(15(16)21)6-5-17-7-9-22-10-8-17/h11,19H,3-10,12H2,1-2H3. The first-order chi connectivity index (χ1) is 10.6. The van der Waals surface area contributed by atoms with Gasteiger partial charge in [0, 0.05) is 38.0 Å². The van der Waals surface area contributed by atoms with E-state index in [1.54, 1.807) is 4.90 Å². The van der Waals surface area contributed by atoms with Gasteiger partial charge in [-0.3, -0.25) is 14.5 Å². The van der Waals surface area contributed by atoms with Gasteiger partial charge in [-0.25, -0.2) is 0 Å². The third-order valence-electron chi connectivity index (χ3n) is 4.85. The molecule has 0 unspecified atom stereocenters. The quantitative estimate of drug-likeness (QED) is 0.720. The van der Waals surface area contributed by atoms with E-state index >= 15 is 0 Å². The highest BCUT2D eigenvalue weighted by atomic mass is 16.5. The lowest BCUT2D eigenvalue weighted by molar-refractivity contribution is -0.149. The summed E-state index contributed by atoms with van der Waals surface area (Å²) in [5.41, 5.74) is -0.664. The minimum Gasteiger partial charge on any atom is -0.391 e. The van der Waals surface area contributed by atoms with Crippen LogP contribution in [0.1, 0.15) is 26.7 Å². The van der Waals surface area contributed by atoms with Gasteiger partial charge in [0.1, 0.15) is 5.41 Å². The lowest BCUT2D eigenvalue weighted by Crippen LogP contribution is -2.52. The maximum Gasteiger partial charge on any atom is 0.240 e. The number of Topliss-reactive ketones (excluding diaryl/α,β-unsaturated/α-hetero) is 1. The second-order valence-electron chi connectivity index (χ2n) is 5.88. The fraction of sp³-hybridized carbons (Fsp3) is 0.750. The van der Waals surface area contributed by atoms with E-state index in [9.17, 15) is 14.7 Å². The number of hydrogen-bond donors (Lipinski definition) is 1. The van der Waals surface area contributed by atoms with Crippen LogP contribution in [-0.2, 0) is 14.3 Å². The summed E-state index contributed by atoms with van der Waals surface area (Å²) in [6.45, 7) is 7.87. The number of carbonyl (C=O) groups excluding carboxylic acids is 2. The smallest absolute Gasteiger partial charge is 0.240 e. The van der Waals surface area contributed by atoms with Gasteiger partial charge < -0.3 is 14.7 Å². The first kappa shape index (κ1) is 17.1. The lowest BCUT2D eigenvalue weighted by atomic mass is 9.73. The zero-order valence-corrected chi connectivity index (χ0v) is 13.5. The van der Waals surface area contributed by atoms with Crippen molar-refractivity contribution in [2.45, 2.75) is 26.7 Å². The summed E-state index contributed by atoms with van der Waals surface area (Å²) in [5, 5.41) is 9.45. The van der Waals surface area contributed by atoms with Gasteiger partial charge >= 0.3 is 0 Å². The number of amides is 1. The maximum absolute atomic E-state index is 12.8. The van der Waals surface area contributed by atoms with Crippen LogP contribution in [-0.4, -0.2) is 72.6 Å². The number of hydrogen-bond acceptors (Lipinski definition) is 5. The monoisotopic (exact) mass is 310 g/mol. The highest BCUT2D eigenvalue weighted by Crippen LogP contribution is 2.36. The van der Waals surface area contributed by atoms with Crippen molar-refractivity contribution < 1.29 is 19.4 Å². The fourth-order valence-electron chi connectivity index (χ4n) is 3.21. The zero-order chi connectivity index (χ0) is 16.2. The van der Waals surface area contributed by atoms with E-state index in [0.717, 1.165) is 32.8 Å². The van der Waals surface area contributed by atoms with E-state index in [1.807, 2.05) is 13.8 Å². The van der Waals surface area contributed by atoms with Crippen molar-refractivity contribution >= 4 is 11.7 Å². The summed E-state index contributed by atoms with van der Waals surface area (Å²) in [5.74, 6) is -0.347. The maximum atomic E-state index is 12.8. The Bertz CT molecular complexity index is 451. The summed E-state index contributed by atoms with van der Waals surface area (Å²) in [4.78, 5) is 29.2. The number of aliphatic hydroxyl groups is 1. The van der Waals surface area contributed by atoms with E-state index in [-0.39, 0.29) is 18.3 Å². The molecule has 0 aromatic carbocycles. The third-order valence-corrected chi connectivity index (χ3v) is 4.85. The van der Waals surface area contributed by atoms with Crippen LogP contribution in [0.25, 0.3) is 0 Å². The normalized spacial score (nSPS) is 22.9. The number of nitrogens with zero attached hydrogens (tertiary/aromatic N) is 2. The van der Waals surface area contributed by atoms with Crippen LogP contribution < -0.4 is 0 Å². The molecule has 0 aromatic heterocycles. The van der Waals surface area contributed by atoms with Crippen molar-refractivity contribution in [1.82, 2.24) is 9.80 Å². The van der Waals surface area contributed by atoms with Gasteiger partial charge in [-0.15, -0.1) is 0 Å². The number of rotatable bonds is 6. The average molecular weight is 310 g/mol. The molecule has 1 N–H and O–H groups in total. The van der Waals surface area contributed by atoms with Gasteiger partial charge in [-0.2, -0.15) is 0 Å². The summed E-state index contributed by atoms with van der Waals surface area (Å²) >= 11 is 0. The molecule has 6 nitrogen and oxygen atoms in total. The van der Waals surface area contributed by atoms with Crippen molar-refractivity contribution in [2.24, 2.45) is 5.41 Å². The van der Waals surface area contributed by atoms with Gasteiger partial charge in [0.05, 0.1) is 19.8 Å². The predicted molar refractivity (Wildman–Crippen MR) is 82.2 cm³/mol. The molecule has 1 saturated heterocycles. The Morgan fingerprint density at radius 1 is 1.18 bits per heavy atom. The molecule has 0 aromatic rings. The van der Waals surface area contributed by atoms with Crippen LogP contribution in [0, 0.1) is 5.41 Å². The minimum atomic E-state index is -1.00. The van der Waals surface area contributed by atoms with E-state index in [0.29, 0.717) is 25.0 Å². The molecule has 0 atom stereocenters. The van der Waals surface area contributed by atoms with Gasteiger partial charge in [0.15, 0.2) is 5.78 Å². The molecule has 0 radical (unpaired) electrons. The van der Waals surface area contributed by atoms with E-state index in [4.69, 9.17) is 4.74 Å². The SMILES string of the molecule is CCC1(CC)C(=O)C(CO)=CN(CCN2CCOCC2)C1=O. The Balaban J connectivity index is 2.13. The largest absolute Gasteiger partial charge is 0.391 e. The molecule has 0 spiro atoms. The van der Waals surface area contributed by atoms with Gasteiger partial charge in [0.2, 0.25) is 5.91 Å². The predicted octanol–water partition coefficient (Wildman–Crippen LogP) is 0.412. The molecule has 22 heavy (non-hydrogen) atoms. The Kier molecular flexibility index (Phi) is 5.72. The van der Waals surface area contributed by atoms with Crippen molar-refractivity contribution in [3.63, 3.8) is 0 Å². The molecule has 2 aliphatic rings. The third kappa shape index (κ3) is 3.09. The first-order valence-electron chi connectivity index (χ1n) is 8.06. The Morgan fingerprint density at radius 2 is 1.82 bits per heavy atom. The average Bonchev–Trinajstić information content (AvgIpc) is 2.56. The van der Waals surface area contributed by atoms with E-state index in [2.05, 4.69) is 4.90 Å². The van der Waals surface area contributed by atoms with Crippen molar-refractivity contribution in [1.29, 1.82) is 0 Å². The summed E-state index contributed by atoms with van der Waals surface area (Å²) in [7, 11) is 0. The second-order valence-corrected chi connectivity index (χ2v) is 5.88. The molecule has 1 amide bonds. The van der Waals surface area contributed by atoms with Crippen LogP contribution in [0.4, 0.5) is 0 Å². The molecule has 0 saturated carbocycles. The fourth-order valence-corrected chi connectivity index (χ4v) is 3.21. The van der Waals surface area contributed by atoms with Crippen LogP contribution in [0.3, 0.4) is 0 Å². The number of ketones is 1. The molecule has 124 valence electrons. The molecule has 1 fully saturated rings. The van der Waals surface area contributed by atoms with Crippen LogP contribution in [0.5, 0.6) is 0 Å². The molecule has 2 aliphatic heterocycles. The van der Waals surface area contributed by atoms with E-state index in [1.165, 1.54) is 6.20 Å². The Morgan fingerprint density at radius 3 is 2.36 bits per heavy atom. The van der Waals surface area contributed by atoms with Crippen LogP contribution in [0.2, 0.25) is 0 Å². The van der Waals surface area contributed by atoms with Gasteiger partial charge in [-0.05, 0) is 12.8 Å². The molecular weight excluding hydrogens is 284 g/mol. The van der Waals surface area contributed by atoms with Crippen molar-refractivity contribution in [3.8, 4) is 0 Å². The number of aliphatic hydroxyl groups excluding tert-OH is 1. The van der Waals surface area contributed by atoms with Crippen LogP contribution >= 0.6 is 0 Å². The number of morpholine rings is 1. The minimum absolute atomic E-state index is 0.132. The van der Waals surface area contributed by atoms with Crippen molar-refractivity contribution in [2.75, 3.05) is 46.0 Å². The Labute approximate surface area is 131 Å². The molecular formula is C16H26N2O4. The zero-order valence-electron chi connectivity index (χ0n) is 13.5. The first-order valence-corrected chi connectivity index (χ1v) is 8.06. The summed E-state index contributed by atoms with van der Waals surface area (Å²) in [6.07, 6.45) is 2.47. The molecule has 2 rings (SSSR count). The van der Waals surface area contributed by atoms with Crippen LogP contribution in [0.15, 0.2) is 11.8 Å². The lowest BCUT2D eigenvalue weighted by Gasteiger charge is -2.39. The van der Waals surface area contributed by atoms with E-state index < -0.39 is 5.41 Å². The summed E-state index contributed by atoms with van der Waals surface area (Å²) < 4.78 is 5.32. The summed E-state index contributed by atoms with van der Waals surface area (Å²) in [6, 6.07) is 0. The Hall–Kier alpha value is -1.24. The van der Waals surface area contributed by atoms with Crippen molar-refractivity contribution in [3.05, 3.63) is 11.8 Å². The molecule has 6 heteroatoms. The number of ether oxygens (including phenoxy) is 1.